The van der Waals surface area contributed by atoms with Gasteiger partial charge in [0.05, 0.1) is 0 Å². The summed E-state index contributed by atoms with van der Waals surface area (Å²) in [5.74, 6) is 1.97. The van der Waals surface area contributed by atoms with Crippen LogP contribution >= 0.6 is 0 Å². The van der Waals surface area contributed by atoms with Crippen LogP contribution in [0.2, 0.25) is 0 Å². The van der Waals surface area contributed by atoms with Gasteiger partial charge in [-0.3, -0.25) is 0 Å². The summed E-state index contributed by atoms with van der Waals surface area (Å²) in [5, 5.41) is 5.08. The molecule has 0 saturated carbocycles. The van der Waals surface area contributed by atoms with Gasteiger partial charge in [0.15, 0.2) is 17.5 Å². The van der Waals surface area contributed by atoms with Crippen LogP contribution in [0.4, 0.5) is 0 Å². The molecule has 0 saturated heterocycles. The van der Waals surface area contributed by atoms with E-state index in [0.29, 0.717) is 17.5 Å². The Bertz CT molecular complexity index is 3500. The van der Waals surface area contributed by atoms with Gasteiger partial charge in [-0.05, 0) is 95.5 Å². The van der Waals surface area contributed by atoms with Gasteiger partial charge in [0, 0.05) is 73.4 Å². The fraction of sp³-hybridized carbons (Fsp3) is 0.0952. The average Bonchev–Trinajstić information content (AvgIpc) is 3.89. The van der Waals surface area contributed by atoms with E-state index in [-0.39, 0.29) is 0 Å². The van der Waals surface area contributed by atoms with E-state index >= 15 is 0 Å². The quantitative estimate of drug-likeness (QED) is 0.130. The Hall–Kier alpha value is -8.41. The molecule has 5 heteroatoms. The average molecular weight is 876 g/mol. The summed E-state index contributed by atoms with van der Waals surface area (Å²) in [6, 6.07) is 76.2. The first-order chi connectivity index (χ1) is 33.6. The topological polar surface area (TPSA) is 48.5 Å². The highest BCUT2D eigenvalue weighted by atomic mass is 15.0. The van der Waals surface area contributed by atoms with Crippen LogP contribution in [-0.2, 0) is 25.9 Å². The van der Waals surface area contributed by atoms with Gasteiger partial charge < -0.3 is 9.13 Å². The lowest BCUT2D eigenvalue weighted by molar-refractivity contribution is 0.745. The lowest BCUT2D eigenvalue weighted by atomic mass is 9.90. The summed E-state index contributed by atoms with van der Waals surface area (Å²) < 4.78 is 4.97. The second kappa shape index (κ2) is 17.4. The molecule has 68 heavy (non-hydrogen) atoms. The van der Waals surface area contributed by atoms with Crippen molar-refractivity contribution < 1.29 is 0 Å². The number of hydrogen-bond acceptors (Lipinski definition) is 3. The van der Waals surface area contributed by atoms with E-state index in [9.17, 15) is 0 Å². The monoisotopic (exact) mass is 875 g/mol. The van der Waals surface area contributed by atoms with E-state index in [2.05, 4.69) is 229 Å². The summed E-state index contributed by atoms with van der Waals surface area (Å²) in [7, 11) is 0. The molecule has 3 aromatic heterocycles. The summed E-state index contributed by atoms with van der Waals surface area (Å²) in [5.41, 5.74) is 17.6. The number of aromatic nitrogens is 5. The third kappa shape index (κ3) is 7.24. The molecule has 0 aliphatic heterocycles. The Morgan fingerprint density at radius 3 is 1.03 bits per heavy atom. The van der Waals surface area contributed by atoms with Crippen molar-refractivity contribution in [3.05, 3.63) is 235 Å². The van der Waals surface area contributed by atoms with Crippen LogP contribution in [-0.4, -0.2) is 24.1 Å². The van der Waals surface area contributed by atoms with Crippen LogP contribution in [0.3, 0.4) is 0 Å². The van der Waals surface area contributed by atoms with Crippen molar-refractivity contribution in [3.8, 4) is 56.4 Å². The SMILES string of the molecule is Cc1ccccc1-c1cccc(-c2nc(-c3ccccc3)nc(-c3cccc(-c4ccccc4C)c3CCn3c4ccccc4c4ccccc43)n2)c1CCn1c2ccccc2c2ccccc21. The number of hydrogen-bond donors (Lipinski definition) is 0. The first-order valence-electron chi connectivity index (χ1n) is 23.7. The molecule has 326 valence electrons. The van der Waals surface area contributed by atoms with E-state index < -0.39 is 0 Å². The number of fused-ring (bicyclic) bond motifs is 6. The molecule has 0 bridgehead atoms. The van der Waals surface area contributed by atoms with Gasteiger partial charge >= 0.3 is 0 Å². The highest BCUT2D eigenvalue weighted by Gasteiger charge is 2.23. The fourth-order valence-corrected chi connectivity index (χ4v) is 10.7. The summed E-state index contributed by atoms with van der Waals surface area (Å²) >= 11 is 0. The maximum atomic E-state index is 5.59. The Morgan fingerprint density at radius 1 is 0.294 bits per heavy atom. The summed E-state index contributed by atoms with van der Waals surface area (Å²) in [6.07, 6.45) is 1.52. The van der Waals surface area contributed by atoms with E-state index in [1.807, 2.05) is 6.07 Å². The van der Waals surface area contributed by atoms with Gasteiger partial charge in [0.25, 0.3) is 0 Å². The molecule has 0 radical (unpaired) electrons. The molecule has 0 atom stereocenters. The number of rotatable bonds is 11. The van der Waals surface area contributed by atoms with Crippen molar-refractivity contribution in [3.63, 3.8) is 0 Å². The van der Waals surface area contributed by atoms with Crippen LogP contribution in [0.1, 0.15) is 22.3 Å². The molecule has 0 aliphatic carbocycles. The predicted octanol–water partition coefficient (Wildman–Crippen LogP) is 15.5. The molecule has 0 aliphatic rings. The van der Waals surface area contributed by atoms with Crippen molar-refractivity contribution in [2.75, 3.05) is 0 Å². The van der Waals surface area contributed by atoms with Crippen molar-refractivity contribution >= 4 is 43.6 Å². The van der Waals surface area contributed by atoms with Crippen LogP contribution in [0.5, 0.6) is 0 Å². The molecule has 0 N–H and O–H groups in total. The van der Waals surface area contributed by atoms with E-state index in [4.69, 9.17) is 15.0 Å². The minimum atomic E-state index is 0.648. The Balaban J connectivity index is 1.06. The number of aryl methyl sites for hydroxylation is 4. The smallest absolute Gasteiger partial charge is 0.164 e. The van der Waals surface area contributed by atoms with E-state index in [1.54, 1.807) is 0 Å². The van der Waals surface area contributed by atoms with Crippen LogP contribution < -0.4 is 0 Å². The molecule has 5 nitrogen and oxygen atoms in total. The van der Waals surface area contributed by atoms with Crippen LogP contribution in [0, 0.1) is 13.8 Å². The molecule has 12 aromatic rings. The molecule has 0 unspecified atom stereocenters. The van der Waals surface area contributed by atoms with Gasteiger partial charge in [-0.1, -0.05) is 188 Å². The molecular formula is C63H49N5. The first-order valence-corrected chi connectivity index (χ1v) is 23.7. The van der Waals surface area contributed by atoms with Crippen molar-refractivity contribution in [2.45, 2.75) is 39.8 Å². The summed E-state index contributed by atoms with van der Waals surface area (Å²) in [6.45, 7) is 5.96. The molecular weight excluding hydrogens is 827 g/mol. The molecule has 9 aromatic carbocycles. The van der Waals surface area contributed by atoms with Gasteiger partial charge in [0.1, 0.15) is 0 Å². The Labute approximate surface area is 396 Å². The van der Waals surface area contributed by atoms with Crippen LogP contribution in [0.15, 0.2) is 212 Å². The second-order valence-corrected chi connectivity index (χ2v) is 17.8. The standard InChI is InChI=1S/C63H49N5/c1-42-20-6-8-24-45(42)47-30-18-32-55(49(47)38-40-67-57-34-14-10-26-51(57)52-27-11-15-35-58(52)67)62-64-61(44-22-4-3-5-23-44)65-63(66-62)56-33-19-31-48(46-25-9-7-21-43(46)2)50(56)39-41-68-59-36-16-12-28-53(59)54-29-13-17-37-60(54)68/h3-37H,38-41H2,1-2H3. The highest BCUT2D eigenvalue weighted by molar-refractivity contribution is 6.09. The Morgan fingerprint density at radius 2 is 0.618 bits per heavy atom. The van der Waals surface area contributed by atoms with Gasteiger partial charge in [-0.15, -0.1) is 0 Å². The normalized spacial score (nSPS) is 11.6. The van der Waals surface area contributed by atoms with E-state index in [0.717, 1.165) is 42.6 Å². The summed E-state index contributed by atoms with van der Waals surface area (Å²) in [4.78, 5) is 16.4. The number of nitrogens with zero attached hydrogens (tertiary/aromatic N) is 5. The van der Waals surface area contributed by atoms with Crippen molar-refractivity contribution in [1.82, 2.24) is 24.1 Å². The minimum absolute atomic E-state index is 0.648. The second-order valence-electron chi connectivity index (χ2n) is 17.8. The first kappa shape index (κ1) is 41.1. The van der Waals surface area contributed by atoms with Crippen LogP contribution in [0.25, 0.3) is 100 Å². The van der Waals surface area contributed by atoms with Gasteiger partial charge in [-0.2, -0.15) is 0 Å². The third-order valence-corrected chi connectivity index (χ3v) is 13.9. The van der Waals surface area contributed by atoms with Crippen molar-refractivity contribution in [2.24, 2.45) is 0 Å². The van der Waals surface area contributed by atoms with Gasteiger partial charge in [0.2, 0.25) is 0 Å². The lowest BCUT2D eigenvalue weighted by Crippen LogP contribution is -2.08. The largest absolute Gasteiger partial charge is 0.340 e. The fourth-order valence-electron chi connectivity index (χ4n) is 10.7. The van der Waals surface area contributed by atoms with Gasteiger partial charge in [-0.25, -0.2) is 15.0 Å². The third-order valence-electron chi connectivity index (χ3n) is 13.9. The molecule has 0 spiro atoms. The zero-order chi connectivity index (χ0) is 45.6. The number of para-hydroxylation sites is 4. The van der Waals surface area contributed by atoms with E-state index in [1.165, 1.54) is 88.1 Å². The predicted molar refractivity (Wildman–Crippen MR) is 283 cm³/mol. The maximum Gasteiger partial charge on any atom is 0.164 e. The maximum absolute atomic E-state index is 5.59. The molecule has 3 heterocycles. The molecule has 0 fully saturated rings. The lowest BCUT2D eigenvalue weighted by Gasteiger charge is -2.20. The highest BCUT2D eigenvalue weighted by Crippen LogP contribution is 2.39. The Kier molecular flexibility index (Phi) is 10.5. The number of benzene rings is 9. The zero-order valence-corrected chi connectivity index (χ0v) is 38.3. The molecule has 0 amide bonds. The van der Waals surface area contributed by atoms with Crippen molar-refractivity contribution in [1.29, 1.82) is 0 Å². The minimum Gasteiger partial charge on any atom is -0.340 e. The zero-order valence-electron chi connectivity index (χ0n) is 38.3. The molecule has 12 rings (SSSR count).